The van der Waals surface area contributed by atoms with Gasteiger partial charge < -0.3 is 5.73 Å². The average molecular weight is 262 g/mol. The summed E-state index contributed by atoms with van der Waals surface area (Å²) in [5.41, 5.74) is 6.43. The number of ketones is 1. The van der Waals surface area contributed by atoms with Crippen molar-refractivity contribution in [3.05, 3.63) is 65.0 Å². The van der Waals surface area contributed by atoms with E-state index in [0.717, 1.165) is 18.2 Å². The van der Waals surface area contributed by atoms with Gasteiger partial charge in [0, 0.05) is 24.7 Å². The molecule has 0 aliphatic heterocycles. The average Bonchev–Trinajstić information content (AvgIpc) is 2.43. The third-order valence-corrected chi connectivity index (χ3v) is 2.71. The summed E-state index contributed by atoms with van der Waals surface area (Å²) < 4.78 is 26.5. The van der Waals surface area contributed by atoms with Crippen LogP contribution < -0.4 is 5.73 Å². The molecule has 2 aromatic rings. The number of hydrogen-bond donors (Lipinski definition) is 1. The molecular formula is C14H12F2N2O. The molecule has 1 aromatic carbocycles. The van der Waals surface area contributed by atoms with Crippen LogP contribution >= 0.6 is 0 Å². The van der Waals surface area contributed by atoms with Gasteiger partial charge in [0.1, 0.15) is 11.6 Å². The molecule has 0 aliphatic carbocycles. The first kappa shape index (κ1) is 13.3. The lowest BCUT2D eigenvalue weighted by Crippen LogP contribution is -2.08. The van der Waals surface area contributed by atoms with Crippen molar-refractivity contribution in [2.45, 2.75) is 13.0 Å². The highest BCUT2D eigenvalue weighted by Crippen LogP contribution is 2.13. The van der Waals surface area contributed by atoms with Crippen LogP contribution in [0, 0.1) is 11.6 Å². The Labute approximate surface area is 109 Å². The van der Waals surface area contributed by atoms with Crippen molar-refractivity contribution in [1.29, 1.82) is 0 Å². The summed E-state index contributed by atoms with van der Waals surface area (Å²) in [4.78, 5) is 16.0. The molecule has 2 N–H and O–H groups in total. The number of hydrogen-bond acceptors (Lipinski definition) is 3. The van der Waals surface area contributed by atoms with Gasteiger partial charge in [0.25, 0.3) is 0 Å². The van der Waals surface area contributed by atoms with Crippen LogP contribution in [0.5, 0.6) is 0 Å². The lowest BCUT2D eigenvalue weighted by Gasteiger charge is -2.04. The number of pyridine rings is 1. The zero-order valence-electron chi connectivity index (χ0n) is 10.1. The van der Waals surface area contributed by atoms with E-state index in [9.17, 15) is 13.6 Å². The summed E-state index contributed by atoms with van der Waals surface area (Å²) in [5, 5.41) is 0. The first-order chi connectivity index (χ1) is 9.10. The van der Waals surface area contributed by atoms with Gasteiger partial charge in [-0.05, 0) is 35.9 Å². The number of carbonyl (C=O) groups excluding carboxylic acids is 1. The van der Waals surface area contributed by atoms with Crippen LogP contribution in [0.3, 0.4) is 0 Å². The molecule has 0 radical (unpaired) electrons. The molecule has 5 heteroatoms. The van der Waals surface area contributed by atoms with Crippen molar-refractivity contribution in [2.75, 3.05) is 0 Å². The topological polar surface area (TPSA) is 56.0 Å². The van der Waals surface area contributed by atoms with Gasteiger partial charge in [-0.1, -0.05) is 0 Å². The molecule has 0 fully saturated rings. The molecule has 2 rings (SSSR count). The molecule has 0 bridgehead atoms. The van der Waals surface area contributed by atoms with Crippen molar-refractivity contribution in [3.8, 4) is 0 Å². The lowest BCUT2D eigenvalue weighted by atomic mass is 10.0. The molecule has 3 nitrogen and oxygen atoms in total. The van der Waals surface area contributed by atoms with Gasteiger partial charge in [-0.3, -0.25) is 9.78 Å². The third kappa shape index (κ3) is 3.20. The van der Waals surface area contributed by atoms with Gasteiger partial charge in [-0.2, -0.15) is 0 Å². The molecule has 0 unspecified atom stereocenters. The van der Waals surface area contributed by atoms with E-state index in [2.05, 4.69) is 4.98 Å². The zero-order valence-corrected chi connectivity index (χ0v) is 10.1. The smallest absolute Gasteiger partial charge is 0.167 e. The number of carbonyl (C=O) groups is 1. The summed E-state index contributed by atoms with van der Waals surface area (Å²) in [6.07, 6.45) is 1.27. The van der Waals surface area contributed by atoms with Gasteiger partial charge in [0.15, 0.2) is 5.78 Å². The zero-order chi connectivity index (χ0) is 13.8. The standard InChI is InChI=1S/C14H12F2N2O/c15-11-1-2-13(16)10(5-11)7-14(19)9-3-4-18-12(6-9)8-17/h1-6H,7-8,17H2. The van der Waals surface area contributed by atoms with Crippen molar-refractivity contribution >= 4 is 5.78 Å². The lowest BCUT2D eigenvalue weighted by molar-refractivity contribution is 0.0991. The second kappa shape index (κ2) is 5.67. The Morgan fingerprint density at radius 2 is 2.00 bits per heavy atom. The molecular weight excluding hydrogens is 250 g/mol. The van der Waals surface area contributed by atoms with Crippen LogP contribution in [0.1, 0.15) is 21.6 Å². The van der Waals surface area contributed by atoms with Gasteiger partial charge in [-0.25, -0.2) is 8.78 Å². The van der Waals surface area contributed by atoms with Crippen molar-refractivity contribution in [1.82, 2.24) is 4.98 Å². The summed E-state index contributed by atoms with van der Waals surface area (Å²) in [6, 6.07) is 6.13. The Bertz CT molecular complexity index is 614. The predicted octanol–water partition coefficient (Wildman–Crippen LogP) is 2.24. The number of benzene rings is 1. The highest BCUT2D eigenvalue weighted by atomic mass is 19.1. The molecule has 0 saturated carbocycles. The molecule has 19 heavy (non-hydrogen) atoms. The van der Waals surface area contributed by atoms with Crippen LogP contribution in [0.2, 0.25) is 0 Å². The van der Waals surface area contributed by atoms with E-state index in [-0.39, 0.29) is 24.3 Å². The summed E-state index contributed by atoms with van der Waals surface area (Å²) >= 11 is 0. The van der Waals surface area contributed by atoms with Crippen LogP contribution in [0.15, 0.2) is 36.5 Å². The molecule has 0 atom stereocenters. The Morgan fingerprint density at radius 1 is 1.21 bits per heavy atom. The van der Waals surface area contributed by atoms with Crippen LogP contribution in [-0.4, -0.2) is 10.8 Å². The Balaban J connectivity index is 2.22. The number of Topliss-reactive ketones (excluding diaryl/α,β-unsaturated/α-hetero) is 1. The molecule has 0 saturated heterocycles. The maximum absolute atomic E-state index is 13.4. The summed E-state index contributed by atoms with van der Waals surface area (Å²) in [7, 11) is 0. The fourth-order valence-electron chi connectivity index (χ4n) is 1.72. The minimum Gasteiger partial charge on any atom is -0.325 e. The van der Waals surface area contributed by atoms with Crippen LogP contribution in [-0.2, 0) is 13.0 Å². The maximum Gasteiger partial charge on any atom is 0.167 e. The fraction of sp³-hybridized carbons (Fsp3) is 0.143. The summed E-state index contributed by atoms with van der Waals surface area (Å²) in [6.45, 7) is 0.218. The highest BCUT2D eigenvalue weighted by Gasteiger charge is 2.12. The second-order valence-corrected chi connectivity index (χ2v) is 4.08. The predicted molar refractivity (Wildman–Crippen MR) is 66.5 cm³/mol. The van der Waals surface area contributed by atoms with E-state index in [0.29, 0.717) is 11.3 Å². The molecule has 0 aliphatic rings. The fourth-order valence-corrected chi connectivity index (χ4v) is 1.72. The third-order valence-electron chi connectivity index (χ3n) is 2.71. The minimum absolute atomic E-state index is 0.0381. The second-order valence-electron chi connectivity index (χ2n) is 4.08. The van der Waals surface area contributed by atoms with Crippen molar-refractivity contribution in [2.24, 2.45) is 5.73 Å². The number of halogens is 2. The van der Waals surface area contributed by atoms with Gasteiger partial charge in [-0.15, -0.1) is 0 Å². The normalized spacial score (nSPS) is 10.5. The number of rotatable bonds is 4. The highest BCUT2D eigenvalue weighted by molar-refractivity contribution is 5.97. The van der Waals surface area contributed by atoms with Gasteiger partial charge >= 0.3 is 0 Å². The first-order valence-corrected chi connectivity index (χ1v) is 5.72. The monoisotopic (exact) mass is 262 g/mol. The van der Waals surface area contributed by atoms with E-state index < -0.39 is 11.6 Å². The number of nitrogens with two attached hydrogens (primary N) is 1. The van der Waals surface area contributed by atoms with Gasteiger partial charge in [0.05, 0.1) is 5.69 Å². The van der Waals surface area contributed by atoms with Gasteiger partial charge in [0.2, 0.25) is 0 Å². The van der Waals surface area contributed by atoms with E-state index >= 15 is 0 Å². The van der Waals surface area contributed by atoms with Crippen molar-refractivity contribution in [3.63, 3.8) is 0 Å². The molecule has 1 aromatic heterocycles. The minimum atomic E-state index is -0.595. The SMILES string of the molecule is NCc1cc(C(=O)Cc2cc(F)ccc2F)ccn1. The van der Waals surface area contributed by atoms with Crippen LogP contribution in [0.4, 0.5) is 8.78 Å². The Morgan fingerprint density at radius 3 is 2.74 bits per heavy atom. The van der Waals surface area contributed by atoms with Crippen LogP contribution in [0.25, 0.3) is 0 Å². The first-order valence-electron chi connectivity index (χ1n) is 5.72. The number of nitrogens with zero attached hydrogens (tertiary/aromatic N) is 1. The number of aromatic nitrogens is 1. The largest absolute Gasteiger partial charge is 0.325 e. The molecule has 1 heterocycles. The van der Waals surface area contributed by atoms with Crippen molar-refractivity contribution < 1.29 is 13.6 Å². The Hall–Kier alpha value is -2.14. The maximum atomic E-state index is 13.4. The van der Waals surface area contributed by atoms with E-state index in [4.69, 9.17) is 5.73 Å². The van der Waals surface area contributed by atoms with E-state index in [1.54, 1.807) is 6.07 Å². The van der Waals surface area contributed by atoms with E-state index in [1.807, 2.05) is 0 Å². The molecule has 0 amide bonds. The summed E-state index contributed by atoms with van der Waals surface area (Å²) in [5.74, 6) is -1.47. The quantitative estimate of drug-likeness (QED) is 0.860. The Kier molecular flexibility index (Phi) is 3.97. The molecule has 0 spiro atoms. The van der Waals surface area contributed by atoms with E-state index in [1.165, 1.54) is 12.3 Å². The molecule has 98 valence electrons.